The highest BCUT2D eigenvalue weighted by molar-refractivity contribution is 7.10. The molecule has 2 aromatic heterocycles. The number of aryl methyl sites for hydroxylation is 1. The van der Waals surface area contributed by atoms with Crippen molar-refractivity contribution < 1.29 is 14.0 Å². The summed E-state index contributed by atoms with van der Waals surface area (Å²) in [6, 6.07) is 3.76. The smallest absolute Gasteiger partial charge is 0.257 e. The number of nitrogens with zero attached hydrogens (tertiary/aromatic N) is 2. The number of likely N-dealkylation sites (tertiary alicyclic amines) is 1. The number of carbonyl (C=O) groups is 2. The molecule has 0 radical (unpaired) electrons. The first-order valence-electron chi connectivity index (χ1n) is 8.15. The number of amides is 2. The summed E-state index contributed by atoms with van der Waals surface area (Å²) in [5.41, 5.74) is 1.81. The molecule has 0 bridgehead atoms. The summed E-state index contributed by atoms with van der Waals surface area (Å²) < 4.78 is 4.97. The van der Waals surface area contributed by atoms with Gasteiger partial charge in [-0.2, -0.15) is 0 Å². The first kappa shape index (κ1) is 16.8. The Balaban J connectivity index is 1.53. The van der Waals surface area contributed by atoms with Gasteiger partial charge < -0.3 is 14.2 Å². The van der Waals surface area contributed by atoms with Gasteiger partial charge in [-0.15, -0.1) is 11.3 Å². The third-order valence-corrected chi connectivity index (χ3v) is 5.63. The summed E-state index contributed by atoms with van der Waals surface area (Å²) in [6.45, 7) is 3.97. The fourth-order valence-electron chi connectivity index (χ4n) is 3.07. The summed E-state index contributed by atoms with van der Waals surface area (Å²) in [7, 11) is 1.87. The van der Waals surface area contributed by atoms with Crippen LogP contribution in [0.5, 0.6) is 0 Å². The van der Waals surface area contributed by atoms with Crippen molar-refractivity contribution >= 4 is 23.2 Å². The fraction of sp³-hybridized carbons (Fsp3) is 0.444. The number of hydrogen-bond acceptors (Lipinski definition) is 4. The zero-order valence-corrected chi connectivity index (χ0v) is 14.8. The van der Waals surface area contributed by atoms with Gasteiger partial charge in [0.25, 0.3) is 5.91 Å². The first-order valence-corrected chi connectivity index (χ1v) is 9.03. The van der Waals surface area contributed by atoms with E-state index in [9.17, 15) is 9.59 Å². The van der Waals surface area contributed by atoms with Crippen LogP contribution in [0.25, 0.3) is 0 Å². The molecule has 0 N–H and O–H groups in total. The minimum absolute atomic E-state index is 0.00340. The second-order valence-corrected chi connectivity index (χ2v) is 7.30. The first-order chi connectivity index (χ1) is 11.6. The molecule has 0 saturated carbocycles. The summed E-state index contributed by atoms with van der Waals surface area (Å²) >= 11 is 1.69. The van der Waals surface area contributed by atoms with E-state index in [0.29, 0.717) is 25.2 Å². The molecule has 24 heavy (non-hydrogen) atoms. The molecule has 3 heterocycles. The predicted octanol–water partition coefficient (Wildman–Crippen LogP) is 3.16. The molecule has 0 aliphatic carbocycles. The minimum Gasteiger partial charge on any atom is -0.472 e. The number of furan rings is 1. The van der Waals surface area contributed by atoms with Crippen LogP contribution in [0.15, 0.2) is 34.5 Å². The van der Waals surface area contributed by atoms with E-state index in [4.69, 9.17) is 4.42 Å². The van der Waals surface area contributed by atoms with Crippen molar-refractivity contribution in [1.82, 2.24) is 9.80 Å². The molecular weight excluding hydrogens is 324 g/mol. The summed E-state index contributed by atoms with van der Waals surface area (Å²) in [4.78, 5) is 29.8. The van der Waals surface area contributed by atoms with Crippen LogP contribution in [0.3, 0.4) is 0 Å². The second-order valence-electron chi connectivity index (χ2n) is 6.30. The Labute approximate surface area is 145 Å². The SMILES string of the molecule is Cc1ccsc1CN(C)C(=O)C1CCN(C(=O)c2ccoc2)CC1. The average Bonchev–Trinajstić information content (AvgIpc) is 3.26. The van der Waals surface area contributed by atoms with Crippen molar-refractivity contribution in [3.63, 3.8) is 0 Å². The maximum atomic E-state index is 12.7. The maximum Gasteiger partial charge on any atom is 0.257 e. The van der Waals surface area contributed by atoms with Crippen molar-refractivity contribution in [2.75, 3.05) is 20.1 Å². The Morgan fingerprint density at radius 1 is 1.33 bits per heavy atom. The van der Waals surface area contributed by atoms with Crippen molar-refractivity contribution in [2.24, 2.45) is 5.92 Å². The summed E-state index contributed by atoms with van der Waals surface area (Å²) in [6.07, 6.45) is 4.41. The monoisotopic (exact) mass is 346 g/mol. The molecule has 2 amide bonds. The molecule has 128 valence electrons. The molecule has 0 aromatic carbocycles. The van der Waals surface area contributed by atoms with E-state index in [1.54, 1.807) is 22.3 Å². The third kappa shape index (κ3) is 3.53. The van der Waals surface area contributed by atoms with Crippen LogP contribution in [0.2, 0.25) is 0 Å². The Kier molecular flexibility index (Phi) is 5.04. The lowest BCUT2D eigenvalue weighted by atomic mass is 9.95. The van der Waals surface area contributed by atoms with Crippen molar-refractivity contribution in [1.29, 1.82) is 0 Å². The van der Waals surface area contributed by atoms with Gasteiger partial charge >= 0.3 is 0 Å². The molecule has 2 aromatic rings. The Morgan fingerprint density at radius 2 is 2.08 bits per heavy atom. The average molecular weight is 346 g/mol. The van der Waals surface area contributed by atoms with Gasteiger partial charge in [0.15, 0.2) is 0 Å². The molecule has 1 fully saturated rings. The molecule has 5 nitrogen and oxygen atoms in total. The van der Waals surface area contributed by atoms with Crippen LogP contribution in [-0.2, 0) is 11.3 Å². The van der Waals surface area contributed by atoms with Crippen LogP contribution >= 0.6 is 11.3 Å². The van der Waals surface area contributed by atoms with Gasteiger partial charge in [-0.3, -0.25) is 9.59 Å². The molecule has 0 spiro atoms. The Morgan fingerprint density at radius 3 is 2.67 bits per heavy atom. The number of thiophene rings is 1. The number of hydrogen-bond donors (Lipinski definition) is 0. The lowest BCUT2D eigenvalue weighted by Gasteiger charge is -2.33. The van der Waals surface area contributed by atoms with Gasteiger partial charge in [-0.05, 0) is 42.8 Å². The highest BCUT2D eigenvalue weighted by atomic mass is 32.1. The molecule has 1 aliphatic heterocycles. The zero-order valence-electron chi connectivity index (χ0n) is 14.0. The van der Waals surface area contributed by atoms with Crippen LogP contribution in [0.1, 0.15) is 33.6 Å². The van der Waals surface area contributed by atoms with Crippen molar-refractivity contribution in [3.05, 3.63) is 46.0 Å². The van der Waals surface area contributed by atoms with E-state index in [2.05, 4.69) is 18.4 Å². The lowest BCUT2D eigenvalue weighted by Crippen LogP contribution is -2.43. The highest BCUT2D eigenvalue weighted by Crippen LogP contribution is 2.23. The molecule has 1 aliphatic rings. The number of piperidine rings is 1. The van der Waals surface area contributed by atoms with Crippen molar-refractivity contribution in [2.45, 2.75) is 26.3 Å². The highest BCUT2D eigenvalue weighted by Gasteiger charge is 2.29. The normalized spacial score (nSPS) is 15.5. The van der Waals surface area contributed by atoms with Gasteiger partial charge in [0.1, 0.15) is 6.26 Å². The largest absolute Gasteiger partial charge is 0.472 e. The van der Waals surface area contributed by atoms with Crippen molar-refractivity contribution in [3.8, 4) is 0 Å². The standard InChI is InChI=1S/C18H22N2O3S/c1-13-6-10-24-16(13)11-19(2)17(21)14-3-7-20(8-4-14)18(22)15-5-9-23-12-15/h5-6,9-10,12,14H,3-4,7-8,11H2,1-2H3. The van der Waals surface area contributed by atoms with Gasteiger partial charge in [-0.1, -0.05) is 0 Å². The van der Waals surface area contributed by atoms with E-state index in [-0.39, 0.29) is 17.7 Å². The molecule has 0 atom stereocenters. The Hall–Kier alpha value is -2.08. The third-order valence-electron chi connectivity index (χ3n) is 4.62. The van der Waals surface area contributed by atoms with Crippen LogP contribution < -0.4 is 0 Å². The predicted molar refractivity (Wildman–Crippen MR) is 92.9 cm³/mol. The van der Waals surface area contributed by atoms with E-state index in [1.807, 2.05) is 11.9 Å². The Bertz CT molecular complexity index is 700. The molecular formula is C18H22N2O3S. The van der Waals surface area contributed by atoms with Crippen LogP contribution in [0.4, 0.5) is 0 Å². The van der Waals surface area contributed by atoms with E-state index < -0.39 is 0 Å². The maximum absolute atomic E-state index is 12.7. The minimum atomic E-state index is -0.0165. The molecule has 0 unspecified atom stereocenters. The van der Waals surface area contributed by atoms with E-state index in [0.717, 1.165) is 12.8 Å². The van der Waals surface area contributed by atoms with E-state index >= 15 is 0 Å². The van der Waals surface area contributed by atoms with Gasteiger partial charge in [-0.25, -0.2) is 0 Å². The summed E-state index contributed by atoms with van der Waals surface area (Å²) in [5, 5.41) is 2.06. The zero-order chi connectivity index (χ0) is 17.1. The molecule has 6 heteroatoms. The summed E-state index contributed by atoms with van der Waals surface area (Å²) in [5.74, 6) is 0.166. The number of carbonyl (C=O) groups excluding carboxylic acids is 2. The molecule has 1 saturated heterocycles. The van der Waals surface area contributed by atoms with Gasteiger partial charge in [0, 0.05) is 30.9 Å². The second kappa shape index (κ2) is 7.21. The fourth-order valence-corrected chi connectivity index (χ4v) is 4.03. The van der Waals surface area contributed by atoms with Crippen LogP contribution in [-0.4, -0.2) is 41.8 Å². The van der Waals surface area contributed by atoms with E-state index in [1.165, 1.54) is 23.0 Å². The topological polar surface area (TPSA) is 53.8 Å². The molecule has 3 rings (SSSR count). The van der Waals surface area contributed by atoms with Crippen LogP contribution in [0, 0.1) is 12.8 Å². The number of rotatable bonds is 4. The quantitative estimate of drug-likeness (QED) is 0.854. The van der Waals surface area contributed by atoms with Gasteiger partial charge in [0.2, 0.25) is 5.91 Å². The van der Waals surface area contributed by atoms with Gasteiger partial charge in [0.05, 0.1) is 18.4 Å². The lowest BCUT2D eigenvalue weighted by molar-refractivity contribution is -0.136.